The van der Waals surface area contributed by atoms with Gasteiger partial charge in [-0.25, -0.2) is 0 Å². The van der Waals surface area contributed by atoms with Crippen molar-refractivity contribution < 1.29 is 18.7 Å². The lowest BCUT2D eigenvalue weighted by Gasteiger charge is -2.32. The fourth-order valence-corrected chi connectivity index (χ4v) is 3.43. The summed E-state index contributed by atoms with van der Waals surface area (Å²) < 4.78 is 16.9. The molecule has 1 fully saturated rings. The standard InChI is InChI=1S/C20H19ClN2O4/c1-25-14-4-5-17-13(9-14)10-19(27-17)20(24)23-8-2-3-15(12-23)26-18-6-7-22-11-16(18)21/h4-7,9-11,15H,2-3,8,12H2,1H3. The fourth-order valence-electron chi connectivity index (χ4n) is 3.27. The van der Waals surface area contributed by atoms with Crippen molar-refractivity contribution in [1.82, 2.24) is 9.88 Å². The normalized spacial score (nSPS) is 17.1. The van der Waals surface area contributed by atoms with E-state index in [1.807, 2.05) is 12.1 Å². The second-order valence-electron chi connectivity index (χ2n) is 6.45. The van der Waals surface area contributed by atoms with Crippen molar-refractivity contribution in [2.45, 2.75) is 18.9 Å². The first kappa shape index (κ1) is 17.7. The van der Waals surface area contributed by atoms with E-state index in [0.29, 0.717) is 35.2 Å². The molecule has 27 heavy (non-hydrogen) atoms. The van der Waals surface area contributed by atoms with Crippen LogP contribution in [0.25, 0.3) is 11.0 Å². The molecule has 3 aromatic rings. The number of carbonyl (C=O) groups excluding carboxylic acids is 1. The van der Waals surface area contributed by atoms with Gasteiger partial charge in [0.25, 0.3) is 5.91 Å². The lowest BCUT2D eigenvalue weighted by Crippen LogP contribution is -2.44. The number of likely N-dealkylation sites (tertiary alicyclic amines) is 1. The Morgan fingerprint density at radius 3 is 3.04 bits per heavy atom. The summed E-state index contributed by atoms with van der Waals surface area (Å²) in [5.74, 6) is 1.49. The zero-order valence-corrected chi connectivity index (χ0v) is 15.6. The van der Waals surface area contributed by atoms with Gasteiger partial charge in [0.15, 0.2) is 5.76 Å². The third-order valence-corrected chi connectivity index (χ3v) is 4.91. The third-order valence-electron chi connectivity index (χ3n) is 4.63. The summed E-state index contributed by atoms with van der Waals surface area (Å²) in [6, 6.07) is 8.95. The smallest absolute Gasteiger partial charge is 0.289 e. The van der Waals surface area contributed by atoms with E-state index in [0.717, 1.165) is 24.0 Å². The molecule has 7 heteroatoms. The number of benzene rings is 1. The number of fused-ring (bicyclic) bond motifs is 1. The molecule has 0 saturated carbocycles. The van der Waals surface area contributed by atoms with Crippen LogP contribution >= 0.6 is 11.6 Å². The number of carbonyl (C=O) groups is 1. The van der Waals surface area contributed by atoms with E-state index in [1.165, 1.54) is 0 Å². The second kappa shape index (κ2) is 7.48. The second-order valence-corrected chi connectivity index (χ2v) is 6.86. The largest absolute Gasteiger partial charge is 0.497 e. The van der Waals surface area contributed by atoms with Gasteiger partial charge >= 0.3 is 0 Å². The molecule has 4 rings (SSSR count). The van der Waals surface area contributed by atoms with Crippen LogP contribution in [0.1, 0.15) is 23.4 Å². The van der Waals surface area contributed by atoms with Crippen LogP contribution in [0.2, 0.25) is 5.02 Å². The minimum Gasteiger partial charge on any atom is -0.497 e. The Hall–Kier alpha value is -2.73. The quantitative estimate of drug-likeness (QED) is 0.673. The number of furan rings is 1. The van der Waals surface area contributed by atoms with Gasteiger partial charge in [-0.15, -0.1) is 0 Å². The molecular weight excluding hydrogens is 368 g/mol. The maximum absolute atomic E-state index is 12.9. The van der Waals surface area contributed by atoms with Gasteiger partial charge in [-0.1, -0.05) is 11.6 Å². The molecule has 0 radical (unpaired) electrons. The number of nitrogens with zero attached hydrogens (tertiary/aromatic N) is 2. The van der Waals surface area contributed by atoms with E-state index >= 15 is 0 Å². The van der Waals surface area contributed by atoms with Gasteiger partial charge in [-0.2, -0.15) is 0 Å². The predicted octanol–water partition coefficient (Wildman–Crippen LogP) is 4.17. The molecule has 1 aliphatic rings. The van der Waals surface area contributed by atoms with Crippen LogP contribution in [-0.4, -0.2) is 42.1 Å². The van der Waals surface area contributed by atoms with Crippen molar-refractivity contribution in [1.29, 1.82) is 0 Å². The Morgan fingerprint density at radius 1 is 1.33 bits per heavy atom. The molecule has 0 aliphatic carbocycles. The number of amides is 1. The highest BCUT2D eigenvalue weighted by atomic mass is 35.5. The van der Waals surface area contributed by atoms with Crippen LogP contribution in [0.5, 0.6) is 11.5 Å². The minimum absolute atomic E-state index is 0.118. The summed E-state index contributed by atoms with van der Waals surface area (Å²) in [6.45, 7) is 1.15. The molecular formula is C20H19ClN2O4. The Kier molecular flexibility index (Phi) is 4.90. The van der Waals surface area contributed by atoms with Crippen LogP contribution in [-0.2, 0) is 0 Å². The molecule has 1 aromatic carbocycles. The molecule has 6 nitrogen and oxygen atoms in total. The van der Waals surface area contributed by atoms with Crippen molar-refractivity contribution in [3.8, 4) is 11.5 Å². The molecule has 1 unspecified atom stereocenters. The maximum atomic E-state index is 12.9. The molecule has 1 saturated heterocycles. The third kappa shape index (κ3) is 3.71. The number of rotatable bonds is 4. The van der Waals surface area contributed by atoms with Gasteiger partial charge in [0.1, 0.15) is 28.2 Å². The molecule has 0 spiro atoms. The van der Waals surface area contributed by atoms with Crippen LogP contribution < -0.4 is 9.47 Å². The maximum Gasteiger partial charge on any atom is 0.289 e. The highest BCUT2D eigenvalue weighted by Gasteiger charge is 2.28. The lowest BCUT2D eigenvalue weighted by molar-refractivity contribution is 0.0512. The number of ether oxygens (including phenoxy) is 2. The Labute approximate surface area is 161 Å². The number of aromatic nitrogens is 1. The van der Waals surface area contributed by atoms with Crippen LogP contribution in [0, 0.1) is 0 Å². The van der Waals surface area contributed by atoms with Crippen LogP contribution in [0.4, 0.5) is 0 Å². The van der Waals surface area contributed by atoms with Crippen molar-refractivity contribution in [3.63, 3.8) is 0 Å². The highest BCUT2D eigenvalue weighted by molar-refractivity contribution is 6.31. The van der Waals surface area contributed by atoms with Gasteiger partial charge in [0.05, 0.1) is 13.7 Å². The number of methoxy groups -OCH3 is 1. The van der Waals surface area contributed by atoms with Gasteiger partial charge < -0.3 is 18.8 Å². The highest BCUT2D eigenvalue weighted by Crippen LogP contribution is 2.28. The van der Waals surface area contributed by atoms with Gasteiger partial charge in [-0.3, -0.25) is 9.78 Å². The molecule has 0 bridgehead atoms. The van der Waals surface area contributed by atoms with Gasteiger partial charge in [0.2, 0.25) is 0 Å². The number of halogens is 1. The first-order chi connectivity index (χ1) is 13.1. The fraction of sp³-hybridized carbons (Fsp3) is 0.300. The van der Waals surface area contributed by atoms with Crippen LogP contribution in [0.15, 0.2) is 47.1 Å². The van der Waals surface area contributed by atoms with E-state index in [1.54, 1.807) is 42.6 Å². The Balaban J connectivity index is 1.49. The summed E-state index contributed by atoms with van der Waals surface area (Å²) in [6.07, 6.45) is 4.78. The van der Waals surface area contributed by atoms with E-state index in [-0.39, 0.29) is 12.0 Å². The summed E-state index contributed by atoms with van der Waals surface area (Å²) >= 11 is 6.11. The molecule has 2 aromatic heterocycles. The van der Waals surface area contributed by atoms with Gasteiger partial charge in [-0.05, 0) is 37.1 Å². The van der Waals surface area contributed by atoms with Crippen molar-refractivity contribution >= 4 is 28.5 Å². The topological polar surface area (TPSA) is 64.8 Å². The SMILES string of the molecule is COc1ccc2oc(C(=O)N3CCCC(Oc4ccncc4Cl)C3)cc2c1. The lowest BCUT2D eigenvalue weighted by atomic mass is 10.1. The van der Waals surface area contributed by atoms with Gasteiger partial charge in [0, 0.05) is 30.4 Å². The monoisotopic (exact) mass is 386 g/mol. The Bertz CT molecular complexity index is 972. The zero-order chi connectivity index (χ0) is 18.8. The van der Waals surface area contributed by atoms with Crippen LogP contribution in [0.3, 0.4) is 0 Å². The average molecular weight is 387 g/mol. The Morgan fingerprint density at radius 2 is 2.22 bits per heavy atom. The molecule has 1 atom stereocenters. The summed E-state index contributed by atoms with van der Waals surface area (Å²) in [4.78, 5) is 18.6. The predicted molar refractivity (Wildman–Crippen MR) is 102 cm³/mol. The summed E-state index contributed by atoms with van der Waals surface area (Å²) in [5.41, 5.74) is 0.660. The molecule has 1 aliphatic heterocycles. The molecule has 1 amide bonds. The van der Waals surface area contributed by atoms with E-state index in [4.69, 9.17) is 25.5 Å². The van der Waals surface area contributed by atoms with E-state index in [2.05, 4.69) is 4.98 Å². The first-order valence-corrected chi connectivity index (χ1v) is 9.15. The minimum atomic E-state index is -0.140. The van der Waals surface area contributed by atoms with Crippen molar-refractivity contribution in [2.75, 3.05) is 20.2 Å². The van der Waals surface area contributed by atoms with E-state index < -0.39 is 0 Å². The number of pyridine rings is 1. The first-order valence-electron chi connectivity index (χ1n) is 8.77. The molecule has 3 heterocycles. The number of hydrogen-bond donors (Lipinski definition) is 0. The average Bonchev–Trinajstić information content (AvgIpc) is 3.12. The number of piperidine rings is 1. The number of hydrogen-bond acceptors (Lipinski definition) is 5. The zero-order valence-electron chi connectivity index (χ0n) is 14.9. The van der Waals surface area contributed by atoms with Crippen molar-refractivity contribution in [3.05, 3.63) is 53.5 Å². The van der Waals surface area contributed by atoms with Crippen molar-refractivity contribution in [2.24, 2.45) is 0 Å². The molecule has 0 N–H and O–H groups in total. The summed E-state index contributed by atoms with van der Waals surface area (Å²) in [7, 11) is 1.61. The molecule has 140 valence electrons. The summed E-state index contributed by atoms with van der Waals surface area (Å²) in [5, 5.41) is 1.30. The van der Waals surface area contributed by atoms with E-state index in [9.17, 15) is 4.79 Å².